The zero-order valence-corrected chi connectivity index (χ0v) is 87.9. The summed E-state index contributed by atoms with van der Waals surface area (Å²) in [4.78, 5) is 54.3. The fourth-order valence-electron chi connectivity index (χ4n) is 29.6. The number of allylic oxidation sites excluding steroid dienone is 4. The summed E-state index contributed by atoms with van der Waals surface area (Å²) in [7, 11) is 3.23. The van der Waals surface area contributed by atoms with E-state index in [1.54, 1.807) is 14.2 Å². The number of carbonyl (C=O) groups is 5. The Hall–Kier alpha value is -4.21. The van der Waals surface area contributed by atoms with Crippen LogP contribution >= 0.6 is 0 Å². The van der Waals surface area contributed by atoms with E-state index in [0.29, 0.717) is 114 Å². The molecule has 0 amide bonds. The molecule has 27 aliphatic rings. The normalized spacial score (nSPS) is 39.2. The molecule has 133 heavy (non-hydrogen) atoms. The molecule has 16 bridgehead atoms. The minimum atomic E-state index is -1.09. The monoisotopic (exact) mass is 1870 g/mol. The van der Waals surface area contributed by atoms with Gasteiger partial charge in [0.05, 0.1) is 62.9 Å². The van der Waals surface area contributed by atoms with Crippen molar-refractivity contribution in [3.8, 4) is 0 Å². The maximum Gasteiger partial charge on any atom is 0.306 e. The van der Waals surface area contributed by atoms with Crippen LogP contribution < -0.4 is 0 Å². The van der Waals surface area contributed by atoms with E-state index in [4.69, 9.17) is 67.1 Å². The van der Waals surface area contributed by atoms with Crippen LogP contribution in [-0.2, 0) is 80.8 Å². The highest BCUT2D eigenvalue weighted by Crippen LogP contribution is 2.73. The van der Waals surface area contributed by atoms with E-state index in [0.717, 1.165) is 123 Å². The summed E-state index contributed by atoms with van der Waals surface area (Å²) in [6, 6.07) is 0. The van der Waals surface area contributed by atoms with E-state index in [1.807, 2.05) is 55.4 Å². The number of hydrogen-bond acceptors (Lipinski definition) is 22. The third-order valence-corrected chi connectivity index (χ3v) is 39.1. The first kappa shape index (κ1) is 109. The van der Waals surface area contributed by atoms with Crippen LogP contribution in [0.3, 0.4) is 0 Å². The molecule has 24 aliphatic carbocycles. The van der Waals surface area contributed by atoms with Crippen LogP contribution in [0.5, 0.6) is 0 Å². The van der Waals surface area contributed by atoms with E-state index in [2.05, 4.69) is 135 Å². The maximum absolute atomic E-state index is 11.3. The number of rotatable bonds is 22. The molecule has 760 valence electrons. The maximum atomic E-state index is 11.3. The van der Waals surface area contributed by atoms with Gasteiger partial charge in [-0.15, -0.1) is 0 Å². The summed E-state index contributed by atoms with van der Waals surface area (Å²) in [5, 5.41) is 57.1. The Kier molecular flexibility index (Phi) is 33.1. The van der Waals surface area contributed by atoms with Gasteiger partial charge in [0.25, 0.3) is 0 Å². The SMILES string of the molecule is CC(=O)OCCC1=CCC2CC1C2(C)C.CC(=O)OCCC1=CCC2CC1C2(C)C.CC(=O)OCC[C@]1(O)C(O)CC2CC1C2(C)C.CC(=O)OCC[C@]12OC(C)(C)OC1CC1CC2C1(C)C.CC1(C)C2CC=C(CCO)C1C2.CC1(C)C2CC=C(CCO)C1C2.CC1(C)OC2CC3CC(C3(C)C)[C@@]2(CC(=O)O)O1.CC1(C)OC2CC3CC(C3(C)C)[C@@]2(CCO)O1.COC(C)(C)OC. The van der Waals surface area contributed by atoms with E-state index < -0.39 is 46.4 Å². The lowest BCUT2D eigenvalue weighted by molar-refractivity contribution is -0.258. The molecule has 0 spiro atoms. The number of methoxy groups -OCH3 is 2. The predicted molar refractivity (Wildman–Crippen MR) is 512 cm³/mol. The lowest BCUT2D eigenvalue weighted by atomic mass is 9.43. The molecular weight excluding hydrogens is 1690 g/mol. The molecule has 3 saturated heterocycles. The first-order valence-electron chi connectivity index (χ1n) is 51.4. The molecule has 0 radical (unpaired) electrons. The van der Waals surface area contributed by atoms with Gasteiger partial charge in [-0.25, -0.2) is 0 Å². The third-order valence-electron chi connectivity index (χ3n) is 39.1. The summed E-state index contributed by atoms with van der Waals surface area (Å²) >= 11 is 0. The lowest BCUT2D eigenvalue weighted by Crippen LogP contribution is -2.67. The smallest absolute Gasteiger partial charge is 0.306 e. The number of fused-ring (bicyclic) bond motifs is 6. The zero-order valence-electron chi connectivity index (χ0n) is 87.9. The summed E-state index contributed by atoms with van der Waals surface area (Å²) in [6.45, 7) is 60.8. The van der Waals surface area contributed by atoms with Gasteiger partial charge in [-0.2, -0.15) is 0 Å². The number of aliphatic carboxylic acids is 1. The summed E-state index contributed by atoms with van der Waals surface area (Å²) < 4.78 is 66.8. The Bertz CT molecular complexity index is 4070. The number of carboxylic acid groups (broad SMARTS) is 1. The van der Waals surface area contributed by atoms with Crippen LogP contribution in [0.15, 0.2) is 46.6 Å². The van der Waals surface area contributed by atoms with Gasteiger partial charge in [-0.3, -0.25) is 24.0 Å². The number of carboxylic acids is 1. The van der Waals surface area contributed by atoms with E-state index in [9.17, 15) is 44.4 Å². The second kappa shape index (κ2) is 40.3. The van der Waals surface area contributed by atoms with Crippen molar-refractivity contribution in [2.75, 3.05) is 60.5 Å². The number of hydrogen-bond donors (Lipinski definition) is 6. The highest BCUT2D eigenvalue weighted by atomic mass is 16.8. The summed E-state index contributed by atoms with van der Waals surface area (Å²) in [6.07, 6.45) is 33.2. The standard InChI is InChI=1S/C16H26O4.C14H22O4.C14H24O3.C13H22O4.2C13H20O2.2C11H18O.C5H12O2/c1-10(17)18-7-6-16-12-8-11(14(12,2)3)9-13(16)19-15(4,5)20-16;1-12(2)8-5-9(12)14(7-11(15)16)10(6-8)17-13(3,4)18-14;1-12(2)9-7-10(12)14(5-6-15)11(8-9)16-13(3,4)17-14;1-8(14)17-5-4-13(16)10-6-9(7-11(13)15)12(10,2)3;2*1-9(14)15-7-6-10-4-5-11-8-12(10)13(11,2)3;2*1-11(2)9-4-3-8(5-6-12)10(11)7-9;1-5(2,6-3)7-4/h11-13H,6-9H2,1-5H3;8-10H,5-7H2,1-4H3,(H,15,16);9-11,15H,5-8H2,1-4H3;9-11,15-16H,4-7H2,1-3H3;2*4,11-12H,5-8H2,1-3H3;2*3,9-10,12H,4-7H2,1-2H3;1-4H3/t11?,12?,13?,16-;8?,9?,10?,14-;9?,10?,11?,14-;9?,10?,11?,13-;;;;;/m1111...../s1. The van der Waals surface area contributed by atoms with Crippen molar-refractivity contribution in [1.82, 2.24) is 0 Å². The average molecular weight is 1870 g/mol. The van der Waals surface area contributed by atoms with Gasteiger partial charge in [0.15, 0.2) is 23.1 Å². The highest BCUT2D eigenvalue weighted by Gasteiger charge is 2.74. The predicted octanol–water partition coefficient (Wildman–Crippen LogP) is 20.3. The molecule has 0 aromatic rings. The second-order valence-corrected chi connectivity index (χ2v) is 50.3. The van der Waals surface area contributed by atoms with Gasteiger partial charge in [-0.05, 0) is 309 Å². The van der Waals surface area contributed by atoms with E-state index in [1.165, 1.54) is 114 Å². The van der Waals surface area contributed by atoms with Crippen LogP contribution in [0.2, 0.25) is 0 Å². The number of aliphatic hydroxyl groups is 5. The molecule has 3 aliphatic heterocycles. The minimum absolute atomic E-state index is 0.0552. The molecule has 0 aromatic carbocycles. The van der Waals surface area contributed by atoms with E-state index >= 15 is 0 Å². The first-order valence-corrected chi connectivity index (χ1v) is 51.4. The van der Waals surface area contributed by atoms with Gasteiger partial charge in [0.1, 0.15) is 16.8 Å². The Balaban J connectivity index is 0.000000146. The van der Waals surface area contributed by atoms with Gasteiger partial charge in [0.2, 0.25) is 0 Å². The number of carbonyl (C=O) groups excluding carboxylic acids is 4. The number of ether oxygens (including phenoxy) is 12. The van der Waals surface area contributed by atoms with Crippen molar-refractivity contribution in [1.29, 1.82) is 0 Å². The Morgan fingerprint density at radius 2 is 0.632 bits per heavy atom. The topological polar surface area (TPSA) is 317 Å². The molecule has 20 unspecified atom stereocenters. The third kappa shape index (κ3) is 21.9. The molecule has 16 saturated carbocycles. The second-order valence-electron chi connectivity index (χ2n) is 50.3. The molecule has 3 heterocycles. The fourth-order valence-corrected chi connectivity index (χ4v) is 29.6. The van der Waals surface area contributed by atoms with Crippen LogP contribution in [-0.4, -0.2) is 191 Å². The molecule has 24 atom stereocenters. The van der Waals surface area contributed by atoms with Crippen molar-refractivity contribution in [2.45, 2.75) is 418 Å². The summed E-state index contributed by atoms with van der Waals surface area (Å²) in [5.41, 5.74) is 6.78. The molecule has 27 rings (SSSR count). The number of esters is 4. The molecule has 19 fully saturated rings. The van der Waals surface area contributed by atoms with E-state index in [-0.39, 0.29) is 89.8 Å². The van der Waals surface area contributed by atoms with Crippen LogP contribution in [0.1, 0.15) is 348 Å². The first-order chi connectivity index (χ1) is 61.4. The quantitative estimate of drug-likeness (QED) is 0.0254. The Morgan fingerprint density at radius 1 is 0.353 bits per heavy atom. The largest absolute Gasteiger partial charge is 0.481 e. The lowest BCUT2D eigenvalue weighted by Gasteiger charge is -2.65. The molecular formula is C110H182O23. The van der Waals surface area contributed by atoms with Crippen LogP contribution in [0.4, 0.5) is 0 Å². The summed E-state index contributed by atoms with van der Waals surface area (Å²) in [5.74, 6) is 6.96. The zero-order chi connectivity index (χ0) is 99.0. The van der Waals surface area contributed by atoms with Crippen molar-refractivity contribution >= 4 is 29.8 Å². The van der Waals surface area contributed by atoms with Crippen molar-refractivity contribution in [2.24, 2.45) is 138 Å². The van der Waals surface area contributed by atoms with Gasteiger partial charge in [0, 0.05) is 93.8 Å². The highest BCUT2D eigenvalue weighted by molar-refractivity contribution is 5.69. The van der Waals surface area contributed by atoms with Crippen molar-refractivity contribution in [3.05, 3.63) is 46.6 Å². The van der Waals surface area contributed by atoms with Gasteiger partial charge in [-0.1, -0.05) is 157 Å². The average Bonchev–Trinajstić information content (AvgIpc) is 1.61. The molecule has 0 aromatic heterocycles. The fraction of sp³-hybridized carbons (Fsp3) is 0.882. The Labute approximate surface area is 800 Å². The van der Waals surface area contributed by atoms with Crippen molar-refractivity contribution in [3.63, 3.8) is 0 Å². The molecule has 6 N–H and O–H groups in total. The van der Waals surface area contributed by atoms with Gasteiger partial charge < -0.3 is 87.5 Å². The van der Waals surface area contributed by atoms with Crippen LogP contribution in [0, 0.1) is 138 Å². The number of aliphatic hydroxyl groups excluding tert-OH is 4. The van der Waals surface area contributed by atoms with Crippen molar-refractivity contribution < 1.29 is 111 Å². The van der Waals surface area contributed by atoms with Gasteiger partial charge >= 0.3 is 29.8 Å². The molecule has 23 nitrogen and oxygen atoms in total. The Morgan fingerprint density at radius 3 is 0.910 bits per heavy atom. The van der Waals surface area contributed by atoms with Crippen LogP contribution in [0.25, 0.3) is 0 Å². The molecule has 23 heteroatoms. The minimum Gasteiger partial charge on any atom is -0.481 e.